The normalized spacial score (nSPS) is 14.4. The second-order valence-electron chi connectivity index (χ2n) is 12.3. The van der Waals surface area contributed by atoms with Crippen LogP contribution in [-0.4, -0.2) is 74.7 Å². The maximum atomic E-state index is 12.8. The first-order valence-corrected chi connectivity index (χ1v) is 17.1. The molecule has 0 saturated carbocycles. The number of para-hydroxylation sites is 2. The molecule has 10 nitrogen and oxygen atoms in total. The van der Waals surface area contributed by atoms with Gasteiger partial charge in [0.05, 0.1) is 21.2 Å². The highest BCUT2D eigenvalue weighted by Crippen LogP contribution is 2.40. The molecule has 0 fully saturated rings. The van der Waals surface area contributed by atoms with Crippen molar-refractivity contribution in [1.29, 1.82) is 0 Å². The minimum absolute atomic E-state index is 0.258. The molecule has 0 aliphatic carbocycles. The van der Waals surface area contributed by atoms with Crippen LogP contribution < -0.4 is 5.46 Å². The fourth-order valence-corrected chi connectivity index (χ4v) is 7.03. The van der Waals surface area contributed by atoms with Gasteiger partial charge in [-0.15, -0.1) is 0 Å². The molecule has 2 aliphatic heterocycles. The number of aromatic amines is 2. The van der Waals surface area contributed by atoms with Crippen LogP contribution in [0.25, 0.3) is 38.5 Å². The van der Waals surface area contributed by atoms with Crippen LogP contribution in [0.2, 0.25) is 0 Å². The number of likely N-dealkylation sites (N-methyl/N-ethyl adjacent to an activating group) is 2. The van der Waals surface area contributed by atoms with E-state index >= 15 is 0 Å². The fraction of sp³-hybridized carbons (Fsp3) is 0.100. The third-order valence-electron chi connectivity index (χ3n) is 8.96. The number of hydrogen-bond donors (Lipinski definition) is 4. The van der Waals surface area contributed by atoms with E-state index in [2.05, 4.69) is 25.9 Å². The Labute approximate surface area is 308 Å². The first-order chi connectivity index (χ1) is 24.9. The maximum Gasteiger partial charge on any atom is 0.488 e. The molecule has 0 atom stereocenters. The van der Waals surface area contributed by atoms with Gasteiger partial charge in [0.2, 0.25) is 0 Å². The summed E-state index contributed by atoms with van der Waals surface area (Å²) in [7, 11) is 1.68. The van der Waals surface area contributed by atoms with Gasteiger partial charge in [-0.2, -0.15) is 0 Å². The molecule has 0 saturated heterocycles. The Morgan fingerprint density at radius 2 is 0.942 bits per heavy atom. The summed E-state index contributed by atoms with van der Waals surface area (Å²) in [5.74, 6) is -1.09. The molecule has 4 aromatic carbocycles. The zero-order chi connectivity index (χ0) is 37.3. The Kier molecular flexibility index (Phi) is 10.2. The van der Waals surface area contributed by atoms with Gasteiger partial charge in [-0.3, -0.25) is 29.0 Å². The van der Waals surface area contributed by atoms with E-state index in [0.717, 1.165) is 54.8 Å². The van der Waals surface area contributed by atoms with Crippen molar-refractivity contribution in [1.82, 2.24) is 19.8 Å². The molecular weight excluding hydrogens is 723 g/mol. The van der Waals surface area contributed by atoms with E-state index in [4.69, 9.17) is 10.0 Å². The van der Waals surface area contributed by atoms with Crippen LogP contribution in [0.5, 0.6) is 0 Å². The van der Waals surface area contributed by atoms with Crippen molar-refractivity contribution < 1.29 is 29.2 Å². The first kappa shape index (κ1) is 36.0. The largest absolute Gasteiger partial charge is 0.488 e. The van der Waals surface area contributed by atoms with Gasteiger partial charge >= 0.3 is 7.12 Å². The molecular formula is C40H34BBrN4O6. The van der Waals surface area contributed by atoms with E-state index in [1.165, 1.54) is 19.0 Å². The van der Waals surface area contributed by atoms with Gasteiger partial charge in [-0.1, -0.05) is 97.1 Å². The second-order valence-corrected chi connectivity index (χ2v) is 13.1. The topological polar surface area (TPSA) is 147 Å². The van der Waals surface area contributed by atoms with Gasteiger partial charge in [-0.25, -0.2) is 0 Å². The Bertz CT molecular complexity index is 2430. The smallest absolute Gasteiger partial charge is 0.423 e. The van der Waals surface area contributed by atoms with Crippen LogP contribution in [0.3, 0.4) is 0 Å². The van der Waals surface area contributed by atoms with E-state index in [1.54, 1.807) is 24.3 Å². The highest BCUT2D eigenvalue weighted by molar-refractivity contribution is 9.12. The number of amides is 4. The third-order valence-corrected chi connectivity index (χ3v) is 9.70. The first-order valence-electron chi connectivity index (χ1n) is 16.3. The number of aromatic nitrogens is 2. The maximum absolute atomic E-state index is 12.8. The number of aryl methyl sites for hydroxylation is 2. The van der Waals surface area contributed by atoms with E-state index < -0.39 is 7.12 Å². The van der Waals surface area contributed by atoms with E-state index in [0.29, 0.717) is 26.7 Å². The lowest BCUT2D eigenvalue weighted by molar-refractivity contribution is -0.136. The summed E-state index contributed by atoms with van der Waals surface area (Å²) in [6.07, 6.45) is 0. The molecule has 8 rings (SSSR count). The zero-order valence-electron chi connectivity index (χ0n) is 28.8. The fourth-order valence-electron chi connectivity index (χ4n) is 6.39. The van der Waals surface area contributed by atoms with Crippen molar-refractivity contribution in [2.75, 3.05) is 14.1 Å². The molecule has 260 valence electrons. The number of carbonyl (C=O) groups is 4. The standard InChI is InChI=1S/C20H16N2O2.C14H11BrN2O2.C6H7BO2/c1-12-16(14-10-6-7-11-15(14)21-12)18-17(13-8-4-3-5-9-13)19(23)22(2)20(18)24;1-7-10(8-5-3-4-6-9(8)16-7)11-12(15)14(19)17(2)13(11)18;8-7(9)6-4-2-1-3-5-6/h3-11,21H,1-2H3;3-6,16H,1-2H3;1-5,8-9H. The van der Waals surface area contributed by atoms with Crippen molar-refractivity contribution in [3.05, 3.63) is 142 Å². The van der Waals surface area contributed by atoms with Gasteiger partial charge in [0.1, 0.15) is 0 Å². The minimum Gasteiger partial charge on any atom is -0.423 e. The summed E-state index contributed by atoms with van der Waals surface area (Å²) < 4.78 is 0.327. The van der Waals surface area contributed by atoms with Crippen LogP contribution in [0.1, 0.15) is 28.1 Å². The average molecular weight is 757 g/mol. The molecule has 0 bridgehead atoms. The van der Waals surface area contributed by atoms with E-state index in [-0.39, 0.29) is 23.6 Å². The Hall–Kier alpha value is -5.82. The average Bonchev–Trinajstić information content (AvgIpc) is 3.79. The quantitative estimate of drug-likeness (QED) is 0.141. The molecule has 6 aromatic rings. The Balaban J connectivity index is 0.000000147. The van der Waals surface area contributed by atoms with E-state index in [1.807, 2.05) is 98.8 Å². The number of imide groups is 2. The number of rotatable bonds is 4. The van der Waals surface area contributed by atoms with Crippen molar-refractivity contribution in [3.8, 4) is 0 Å². The van der Waals surface area contributed by atoms with Crippen LogP contribution in [0, 0.1) is 13.8 Å². The lowest BCUT2D eigenvalue weighted by Crippen LogP contribution is -2.29. The molecule has 4 N–H and O–H groups in total. The number of fused-ring (bicyclic) bond motifs is 2. The summed E-state index contributed by atoms with van der Waals surface area (Å²) in [4.78, 5) is 58.5. The highest BCUT2D eigenvalue weighted by atomic mass is 79.9. The summed E-state index contributed by atoms with van der Waals surface area (Å²) in [6, 6.07) is 33.6. The molecule has 2 aliphatic rings. The molecule has 4 amide bonds. The summed E-state index contributed by atoms with van der Waals surface area (Å²) >= 11 is 3.25. The lowest BCUT2D eigenvalue weighted by atomic mass is 9.81. The third kappa shape index (κ3) is 6.55. The molecule has 0 unspecified atom stereocenters. The number of carbonyl (C=O) groups excluding carboxylic acids is 4. The van der Waals surface area contributed by atoms with Gasteiger partial charge in [0.15, 0.2) is 0 Å². The minimum atomic E-state index is -1.34. The van der Waals surface area contributed by atoms with Crippen molar-refractivity contribution in [2.24, 2.45) is 0 Å². The molecule has 0 radical (unpaired) electrons. The SMILES string of the molecule is Cc1[nH]c2ccccc2c1C1=C(Br)C(=O)N(C)C1=O.Cc1[nH]c2ccccc2c1C1=C(c2ccccc2)C(=O)N(C)C1=O.OB(O)c1ccccc1. The number of nitrogens with one attached hydrogen (secondary N) is 2. The van der Waals surface area contributed by atoms with Gasteiger partial charge in [-0.05, 0) is 52.9 Å². The van der Waals surface area contributed by atoms with Gasteiger partial charge < -0.3 is 20.0 Å². The predicted molar refractivity (Wildman–Crippen MR) is 207 cm³/mol. The lowest BCUT2D eigenvalue weighted by Gasteiger charge is -2.06. The van der Waals surface area contributed by atoms with Crippen LogP contribution in [-0.2, 0) is 19.2 Å². The number of H-pyrrole nitrogens is 2. The summed E-state index contributed by atoms with van der Waals surface area (Å²) in [6.45, 7) is 3.83. The van der Waals surface area contributed by atoms with Crippen LogP contribution in [0.4, 0.5) is 0 Å². The molecule has 12 heteroatoms. The number of halogens is 1. The van der Waals surface area contributed by atoms with Crippen LogP contribution >= 0.6 is 15.9 Å². The second kappa shape index (κ2) is 14.8. The highest BCUT2D eigenvalue weighted by Gasteiger charge is 2.39. The van der Waals surface area contributed by atoms with E-state index in [9.17, 15) is 19.2 Å². The zero-order valence-corrected chi connectivity index (χ0v) is 30.4. The molecule has 52 heavy (non-hydrogen) atoms. The Morgan fingerprint density at radius 3 is 1.40 bits per heavy atom. The number of benzene rings is 4. The van der Waals surface area contributed by atoms with Crippen molar-refractivity contribution in [2.45, 2.75) is 13.8 Å². The number of nitrogens with zero attached hydrogens (tertiary/aromatic N) is 2. The van der Waals surface area contributed by atoms with Crippen molar-refractivity contribution in [3.63, 3.8) is 0 Å². The molecule has 4 heterocycles. The summed E-state index contributed by atoms with van der Waals surface area (Å²) in [5.41, 5.74) is 7.95. The van der Waals surface area contributed by atoms with Gasteiger partial charge in [0.25, 0.3) is 23.6 Å². The number of hydrogen-bond acceptors (Lipinski definition) is 6. The van der Waals surface area contributed by atoms with Crippen LogP contribution in [0.15, 0.2) is 114 Å². The van der Waals surface area contributed by atoms with Crippen molar-refractivity contribution >= 4 is 90.7 Å². The Morgan fingerprint density at radius 1 is 0.538 bits per heavy atom. The predicted octanol–water partition coefficient (Wildman–Crippen LogP) is 5.33. The molecule has 2 aromatic heterocycles. The monoisotopic (exact) mass is 756 g/mol. The van der Waals surface area contributed by atoms with Gasteiger partial charge in [0, 0.05) is 58.4 Å². The summed E-state index contributed by atoms with van der Waals surface area (Å²) in [5, 5.41) is 19.1. The molecule has 0 spiro atoms.